The zero-order chi connectivity index (χ0) is 15.6. The number of hydrogen-bond donors (Lipinski definition) is 2. The first-order chi connectivity index (χ1) is 9.84. The normalized spacial score (nSPS) is 13.3. The van der Waals surface area contributed by atoms with Gasteiger partial charge in [0.2, 0.25) is 15.0 Å². The standard InChI is InChI=1S/C13H18N4O3S/c1-9(7-14)8-15-12(18)11-10-5-3-4-6-17(10)13(16-11)21(2,19)20/h3-6,9H,7-8,14H2,1-2H3,(H,15,18). The molecule has 2 aromatic rings. The largest absolute Gasteiger partial charge is 0.350 e. The molecule has 7 nitrogen and oxygen atoms in total. The Kier molecular flexibility index (Phi) is 4.29. The molecule has 1 atom stereocenters. The molecule has 2 heterocycles. The third kappa shape index (κ3) is 3.22. The fourth-order valence-electron chi connectivity index (χ4n) is 1.87. The van der Waals surface area contributed by atoms with Gasteiger partial charge in [0.05, 0.1) is 5.52 Å². The number of nitrogens with one attached hydrogen (secondary N) is 1. The summed E-state index contributed by atoms with van der Waals surface area (Å²) in [7, 11) is -3.53. The number of imidazole rings is 1. The molecule has 2 rings (SSSR count). The van der Waals surface area contributed by atoms with Crippen molar-refractivity contribution in [3.05, 3.63) is 30.1 Å². The monoisotopic (exact) mass is 310 g/mol. The van der Waals surface area contributed by atoms with E-state index in [-0.39, 0.29) is 16.8 Å². The van der Waals surface area contributed by atoms with Gasteiger partial charge in [0.1, 0.15) is 0 Å². The molecule has 2 aromatic heterocycles. The number of nitrogens with zero attached hydrogens (tertiary/aromatic N) is 2. The summed E-state index contributed by atoms with van der Waals surface area (Å²) in [5.74, 6) is -0.272. The molecule has 1 unspecified atom stereocenters. The second kappa shape index (κ2) is 5.82. The van der Waals surface area contributed by atoms with Gasteiger partial charge in [-0.05, 0) is 24.6 Å². The lowest BCUT2D eigenvalue weighted by atomic mass is 10.2. The molecular formula is C13H18N4O3S. The van der Waals surface area contributed by atoms with E-state index in [0.29, 0.717) is 18.6 Å². The van der Waals surface area contributed by atoms with Gasteiger partial charge in [-0.3, -0.25) is 9.20 Å². The smallest absolute Gasteiger partial charge is 0.272 e. The predicted octanol–water partition coefficient (Wildman–Crippen LogP) is 0.0624. The quantitative estimate of drug-likeness (QED) is 0.812. The van der Waals surface area contributed by atoms with Crippen LogP contribution in [-0.4, -0.2) is 43.1 Å². The SMILES string of the molecule is CC(CN)CNC(=O)c1nc(S(C)(=O)=O)n2ccccc12. The summed E-state index contributed by atoms with van der Waals surface area (Å²) < 4.78 is 24.9. The van der Waals surface area contributed by atoms with E-state index in [4.69, 9.17) is 5.73 Å². The van der Waals surface area contributed by atoms with Crippen LogP contribution in [0.4, 0.5) is 0 Å². The Labute approximate surface area is 123 Å². The second-order valence-electron chi connectivity index (χ2n) is 5.02. The Morgan fingerprint density at radius 2 is 2.19 bits per heavy atom. The predicted molar refractivity (Wildman–Crippen MR) is 78.9 cm³/mol. The minimum Gasteiger partial charge on any atom is -0.350 e. The van der Waals surface area contributed by atoms with Crippen molar-refractivity contribution in [2.45, 2.75) is 12.1 Å². The number of rotatable bonds is 5. The maximum absolute atomic E-state index is 12.2. The number of carbonyl (C=O) groups is 1. The molecule has 114 valence electrons. The van der Waals surface area contributed by atoms with Crippen LogP contribution in [0.3, 0.4) is 0 Å². The fraction of sp³-hybridized carbons (Fsp3) is 0.385. The average molecular weight is 310 g/mol. The number of sulfone groups is 1. The molecule has 8 heteroatoms. The van der Waals surface area contributed by atoms with Gasteiger partial charge in [-0.2, -0.15) is 0 Å². The molecule has 0 saturated carbocycles. The lowest BCUT2D eigenvalue weighted by molar-refractivity contribution is 0.0945. The van der Waals surface area contributed by atoms with E-state index in [1.807, 2.05) is 6.92 Å². The van der Waals surface area contributed by atoms with Gasteiger partial charge >= 0.3 is 0 Å². The fourth-order valence-corrected chi connectivity index (χ4v) is 2.65. The lowest BCUT2D eigenvalue weighted by Crippen LogP contribution is -2.31. The van der Waals surface area contributed by atoms with Crippen LogP contribution < -0.4 is 11.1 Å². The highest BCUT2D eigenvalue weighted by Gasteiger charge is 2.22. The molecule has 0 aliphatic heterocycles. The van der Waals surface area contributed by atoms with Crippen molar-refractivity contribution in [2.24, 2.45) is 11.7 Å². The number of nitrogens with two attached hydrogens (primary N) is 1. The molecule has 3 N–H and O–H groups in total. The summed E-state index contributed by atoms with van der Waals surface area (Å²) in [6.45, 7) is 2.78. The molecule has 0 fully saturated rings. The van der Waals surface area contributed by atoms with Crippen molar-refractivity contribution in [3.8, 4) is 0 Å². The minimum absolute atomic E-state index is 0.0975. The molecule has 0 spiro atoms. The zero-order valence-corrected chi connectivity index (χ0v) is 12.7. The first-order valence-electron chi connectivity index (χ1n) is 6.50. The van der Waals surface area contributed by atoms with Crippen molar-refractivity contribution >= 4 is 21.3 Å². The summed E-state index contributed by atoms with van der Waals surface area (Å²) in [5.41, 5.74) is 6.05. The molecule has 0 saturated heterocycles. The molecule has 0 bridgehead atoms. The van der Waals surface area contributed by atoms with Gasteiger partial charge in [0.15, 0.2) is 5.69 Å². The van der Waals surface area contributed by atoms with Gasteiger partial charge in [-0.15, -0.1) is 0 Å². The van der Waals surface area contributed by atoms with Crippen LogP contribution in [0.25, 0.3) is 5.52 Å². The van der Waals surface area contributed by atoms with Crippen LogP contribution in [0, 0.1) is 5.92 Å². The summed E-state index contributed by atoms with van der Waals surface area (Å²) in [6.07, 6.45) is 2.63. The van der Waals surface area contributed by atoms with E-state index >= 15 is 0 Å². The number of fused-ring (bicyclic) bond motifs is 1. The Bertz CT molecular complexity index is 767. The van der Waals surface area contributed by atoms with Crippen LogP contribution in [0.5, 0.6) is 0 Å². The van der Waals surface area contributed by atoms with Gasteiger partial charge in [-0.1, -0.05) is 13.0 Å². The van der Waals surface area contributed by atoms with Crippen LogP contribution in [0.2, 0.25) is 0 Å². The Balaban J connectivity index is 2.43. The van der Waals surface area contributed by atoms with Crippen molar-refractivity contribution in [3.63, 3.8) is 0 Å². The number of hydrogen-bond acceptors (Lipinski definition) is 5. The molecule has 0 radical (unpaired) electrons. The molecule has 0 aliphatic carbocycles. The zero-order valence-electron chi connectivity index (χ0n) is 11.9. The number of carbonyl (C=O) groups excluding carboxylic acids is 1. The summed E-state index contributed by atoms with van der Waals surface area (Å²) in [4.78, 5) is 16.2. The third-order valence-corrected chi connectivity index (χ3v) is 4.03. The van der Waals surface area contributed by atoms with Crippen LogP contribution in [-0.2, 0) is 9.84 Å². The van der Waals surface area contributed by atoms with Crippen molar-refractivity contribution in [1.29, 1.82) is 0 Å². The van der Waals surface area contributed by atoms with Gasteiger partial charge < -0.3 is 11.1 Å². The maximum atomic E-state index is 12.2. The third-order valence-electron chi connectivity index (χ3n) is 3.08. The van der Waals surface area contributed by atoms with E-state index in [1.165, 1.54) is 4.40 Å². The Hall–Kier alpha value is -1.93. The Morgan fingerprint density at radius 3 is 2.81 bits per heavy atom. The van der Waals surface area contributed by atoms with Crippen molar-refractivity contribution in [2.75, 3.05) is 19.3 Å². The number of amides is 1. The van der Waals surface area contributed by atoms with Gasteiger partial charge in [0, 0.05) is 19.0 Å². The maximum Gasteiger partial charge on any atom is 0.272 e. The van der Waals surface area contributed by atoms with Crippen LogP contribution >= 0.6 is 0 Å². The van der Waals surface area contributed by atoms with Crippen LogP contribution in [0.15, 0.2) is 29.6 Å². The topological polar surface area (TPSA) is 107 Å². The second-order valence-corrected chi connectivity index (χ2v) is 6.93. The first-order valence-corrected chi connectivity index (χ1v) is 8.39. The van der Waals surface area contributed by atoms with Gasteiger partial charge in [-0.25, -0.2) is 13.4 Å². The summed E-state index contributed by atoms with van der Waals surface area (Å²) in [6, 6.07) is 5.06. The highest BCUT2D eigenvalue weighted by molar-refractivity contribution is 7.90. The summed E-state index contributed by atoms with van der Waals surface area (Å²) >= 11 is 0. The average Bonchev–Trinajstić information content (AvgIpc) is 2.84. The highest BCUT2D eigenvalue weighted by Crippen LogP contribution is 2.16. The van der Waals surface area contributed by atoms with E-state index in [9.17, 15) is 13.2 Å². The lowest BCUT2D eigenvalue weighted by Gasteiger charge is -2.08. The molecule has 1 amide bonds. The molecule has 21 heavy (non-hydrogen) atoms. The number of pyridine rings is 1. The first kappa shape index (κ1) is 15.5. The summed E-state index contributed by atoms with van der Waals surface area (Å²) in [5, 5.41) is 2.57. The van der Waals surface area contributed by atoms with Gasteiger partial charge in [0.25, 0.3) is 5.91 Å². The molecular weight excluding hydrogens is 292 g/mol. The van der Waals surface area contributed by atoms with E-state index < -0.39 is 15.7 Å². The van der Waals surface area contributed by atoms with Crippen LogP contribution in [0.1, 0.15) is 17.4 Å². The minimum atomic E-state index is -3.53. The molecule has 0 aromatic carbocycles. The van der Waals surface area contributed by atoms with E-state index in [2.05, 4.69) is 10.3 Å². The highest BCUT2D eigenvalue weighted by atomic mass is 32.2. The molecule has 0 aliphatic rings. The number of aromatic nitrogens is 2. The van der Waals surface area contributed by atoms with E-state index in [1.54, 1.807) is 24.4 Å². The Morgan fingerprint density at radius 1 is 1.48 bits per heavy atom. The van der Waals surface area contributed by atoms with E-state index in [0.717, 1.165) is 6.26 Å². The van der Waals surface area contributed by atoms with Crippen molar-refractivity contribution < 1.29 is 13.2 Å². The van der Waals surface area contributed by atoms with Crippen molar-refractivity contribution in [1.82, 2.24) is 14.7 Å².